The Kier molecular flexibility index (Phi) is 5.32. The van der Waals surface area contributed by atoms with Crippen molar-refractivity contribution < 1.29 is 0 Å². The first-order valence-corrected chi connectivity index (χ1v) is 10.1. The van der Waals surface area contributed by atoms with Crippen molar-refractivity contribution in [1.82, 2.24) is 9.97 Å². The molecular weight excluding hydrogens is 368 g/mol. The number of aryl methyl sites for hydroxylation is 1. The second kappa shape index (κ2) is 8.07. The van der Waals surface area contributed by atoms with Crippen LogP contribution in [0.15, 0.2) is 84.0 Å². The average Bonchev–Trinajstić information content (AvgIpc) is 2.72. The summed E-state index contributed by atoms with van der Waals surface area (Å²) in [6, 6.07) is 24.5. The molecule has 4 aromatic rings. The van der Waals surface area contributed by atoms with Crippen molar-refractivity contribution in [1.29, 1.82) is 0 Å². The minimum absolute atomic E-state index is 0.0976. The Morgan fingerprint density at radius 2 is 1.47 bits per heavy atom. The Bertz CT molecular complexity index is 1150. The topological polar surface area (TPSA) is 50.2 Å². The molecule has 0 spiro atoms. The summed E-state index contributed by atoms with van der Waals surface area (Å²) >= 11 is 0. The molecule has 0 unspecified atom stereocenters. The Balaban J connectivity index is 1.87. The Morgan fingerprint density at radius 1 is 0.867 bits per heavy atom. The third-order valence-corrected chi connectivity index (χ3v) is 4.64. The van der Waals surface area contributed by atoms with Crippen LogP contribution < -0.4 is 5.32 Å². The number of hydrogen-bond donors (Lipinski definition) is 1. The summed E-state index contributed by atoms with van der Waals surface area (Å²) in [5.74, 6) is 1.52. The SMILES string of the molecule is Cc1cc2cnc(N=C(c3ccccc3)c3ccccc3)cc2c(NC(C)(C)C)n1. The molecule has 0 saturated carbocycles. The van der Waals surface area contributed by atoms with E-state index in [-0.39, 0.29) is 5.54 Å². The molecule has 4 heteroatoms. The van der Waals surface area contributed by atoms with Gasteiger partial charge in [-0.15, -0.1) is 0 Å². The maximum atomic E-state index is 4.96. The summed E-state index contributed by atoms with van der Waals surface area (Å²) in [6.45, 7) is 8.40. The lowest BCUT2D eigenvalue weighted by Crippen LogP contribution is -2.26. The van der Waals surface area contributed by atoms with E-state index in [0.29, 0.717) is 5.82 Å². The number of rotatable bonds is 4. The van der Waals surface area contributed by atoms with Crippen LogP contribution in [0.2, 0.25) is 0 Å². The van der Waals surface area contributed by atoms with Crippen LogP contribution in [-0.2, 0) is 0 Å². The summed E-state index contributed by atoms with van der Waals surface area (Å²) in [6.07, 6.45) is 1.88. The van der Waals surface area contributed by atoms with Gasteiger partial charge in [0.25, 0.3) is 0 Å². The Morgan fingerprint density at radius 3 is 2.03 bits per heavy atom. The van der Waals surface area contributed by atoms with E-state index in [4.69, 9.17) is 9.98 Å². The van der Waals surface area contributed by atoms with Crippen molar-refractivity contribution in [2.24, 2.45) is 4.99 Å². The van der Waals surface area contributed by atoms with Gasteiger partial charge in [0.1, 0.15) is 5.82 Å². The molecule has 2 aromatic carbocycles. The summed E-state index contributed by atoms with van der Waals surface area (Å²) in [5.41, 5.74) is 3.87. The first kappa shape index (κ1) is 19.8. The molecule has 150 valence electrons. The van der Waals surface area contributed by atoms with E-state index >= 15 is 0 Å². The van der Waals surface area contributed by atoms with Crippen LogP contribution in [-0.4, -0.2) is 21.2 Å². The lowest BCUT2D eigenvalue weighted by atomic mass is 10.0. The normalized spacial score (nSPS) is 11.3. The van der Waals surface area contributed by atoms with Crippen LogP contribution >= 0.6 is 0 Å². The number of nitrogens with zero attached hydrogens (tertiary/aromatic N) is 3. The number of hydrogen-bond acceptors (Lipinski definition) is 4. The van der Waals surface area contributed by atoms with Crippen molar-refractivity contribution in [2.45, 2.75) is 33.2 Å². The molecule has 0 aliphatic carbocycles. The van der Waals surface area contributed by atoms with Gasteiger partial charge < -0.3 is 5.32 Å². The van der Waals surface area contributed by atoms with Gasteiger partial charge in [-0.25, -0.2) is 15.0 Å². The van der Waals surface area contributed by atoms with E-state index < -0.39 is 0 Å². The summed E-state index contributed by atoms with van der Waals surface area (Å²) in [5, 5.41) is 5.59. The third kappa shape index (κ3) is 4.54. The zero-order chi connectivity index (χ0) is 21.1. The van der Waals surface area contributed by atoms with Gasteiger partial charge in [0.15, 0.2) is 5.82 Å². The quantitative estimate of drug-likeness (QED) is 0.412. The van der Waals surface area contributed by atoms with Crippen LogP contribution in [0.25, 0.3) is 10.8 Å². The van der Waals surface area contributed by atoms with Gasteiger partial charge in [-0.2, -0.15) is 0 Å². The summed E-state index contributed by atoms with van der Waals surface area (Å²) in [7, 11) is 0. The number of benzene rings is 2. The average molecular weight is 395 g/mol. The van der Waals surface area contributed by atoms with Gasteiger partial charge in [0.05, 0.1) is 5.71 Å². The number of anilines is 1. The van der Waals surface area contributed by atoms with E-state index in [1.54, 1.807) is 0 Å². The van der Waals surface area contributed by atoms with Gasteiger partial charge in [-0.3, -0.25) is 0 Å². The zero-order valence-electron chi connectivity index (χ0n) is 17.8. The highest BCUT2D eigenvalue weighted by molar-refractivity contribution is 6.14. The van der Waals surface area contributed by atoms with Crippen molar-refractivity contribution in [3.63, 3.8) is 0 Å². The van der Waals surface area contributed by atoms with Crippen molar-refractivity contribution in [2.75, 3.05) is 5.32 Å². The van der Waals surface area contributed by atoms with E-state index in [1.165, 1.54) is 0 Å². The Hall–Kier alpha value is -3.53. The summed E-state index contributed by atoms with van der Waals surface area (Å²) < 4.78 is 0. The van der Waals surface area contributed by atoms with Crippen molar-refractivity contribution in [3.8, 4) is 0 Å². The van der Waals surface area contributed by atoms with Crippen LogP contribution in [0, 0.1) is 6.92 Å². The minimum Gasteiger partial charge on any atom is -0.365 e. The monoisotopic (exact) mass is 394 g/mol. The van der Waals surface area contributed by atoms with E-state index in [9.17, 15) is 0 Å². The molecule has 4 rings (SSSR count). The second-order valence-electron chi connectivity index (χ2n) is 8.44. The fraction of sp³-hybridized carbons (Fsp3) is 0.192. The lowest BCUT2D eigenvalue weighted by Gasteiger charge is -2.22. The van der Waals surface area contributed by atoms with Gasteiger partial charge in [0.2, 0.25) is 0 Å². The predicted octanol–water partition coefficient (Wildman–Crippen LogP) is 6.32. The number of pyridine rings is 2. The molecule has 30 heavy (non-hydrogen) atoms. The molecule has 0 radical (unpaired) electrons. The van der Waals surface area contributed by atoms with Gasteiger partial charge in [-0.05, 0) is 39.8 Å². The van der Waals surface area contributed by atoms with Crippen LogP contribution in [0.1, 0.15) is 37.6 Å². The zero-order valence-corrected chi connectivity index (χ0v) is 17.8. The molecule has 0 aliphatic rings. The first-order valence-electron chi connectivity index (χ1n) is 10.1. The van der Waals surface area contributed by atoms with E-state index in [2.05, 4.69) is 61.4 Å². The maximum absolute atomic E-state index is 4.96. The Labute approximate surface area is 177 Å². The number of nitrogens with one attached hydrogen (secondary N) is 1. The number of aromatic nitrogens is 2. The predicted molar refractivity (Wildman–Crippen MR) is 126 cm³/mol. The second-order valence-corrected chi connectivity index (χ2v) is 8.44. The number of fused-ring (bicyclic) bond motifs is 1. The lowest BCUT2D eigenvalue weighted by molar-refractivity contribution is 0.631. The summed E-state index contributed by atoms with van der Waals surface area (Å²) in [4.78, 5) is 14.3. The molecule has 2 aromatic heterocycles. The molecule has 0 saturated heterocycles. The molecule has 0 aliphatic heterocycles. The minimum atomic E-state index is -0.0976. The van der Waals surface area contributed by atoms with Gasteiger partial charge in [-0.1, -0.05) is 60.7 Å². The van der Waals surface area contributed by atoms with Crippen molar-refractivity contribution >= 4 is 28.1 Å². The van der Waals surface area contributed by atoms with E-state index in [0.717, 1.165) is 39.1 Å². The molecule has 4 nitrogen and oxygen atoms in total. The molecule has 0 amide bonds. The molecule has 1 N–H and O–H groups in total. The fourth-order valence-corrected chi connectivity index (χ4v) is 3.38. The van der Waals surface area contributed by atoms with Gasteiger partial charge in [0, 0.05) is 39.3 Å². The molecule has 2 heterocycles. The van der Waals surface area contributed by atoms with Crippen molar-refractivity contribution in [3.05, 3.63) is 95.8 Å². The third-order valence-electron chi connectivity index (χ3n) is 4.64. The first-order chi connectivity index (χ1) is 14.4. The number of aliphatic imine (C=N–C) groups is 1. The maximum Gasteiger partial charge on any atom is 0.153 e. The highest BCUT2D eigenvalue weighted by Crippen LogP contribution is 2.28. The molecule has 0 bridgehead atoms. The molecular formula is C26H26N4. The largest absolute Gasteiger partial charge is 0.365 e. The molecule has 0 atom stereocenters. The van der Waals surface area contributed by atoms with Gasteiger partial charge >= 0.3 is 0 Å². The fourth-order valence-electron chi connectivity index (χ4n) is 3.38. The smallest absolute Gasteiger partial charge is 0.153 e. The van der Waals surface area contributed by atoms with Crippen LogP contribution in [0.3, 0.4) is 0 Å². The highest BCUT2D eigenvalue weighted by atomic mass is 15.0. The van der Waals surface area contributed by atoms with Crippen LogP contribution in [0.5, 0.6) is 0 Å². The highest BCUT2D eigenvalue weighted by Gasteiger charge is 2.14. The molecule has 0 fully saturated rings. The van der Waals surface area contributed by atoms with E-state index in [1.807, 2.05) is 55.6 Å². The van der Waals surface area contributed by atoms with Crippen LogP contribution in [0.4, 0.5) is 11.6 Å². The standard InChI is InChI=1S/C26H26N4/c1-18-15-21-17-27-23(16-22(21)25(28-18)30-26(2,3)4)29-24(19-11-7-5-8-12-19)20-13-9-6-10-14-20/h5-17H,1-4H3,(H,28,30).